The predicted molar refractivity (Wildman–Crippen MR) is 84.4 cm³/mol. The second-order valence-corrected chi connectivity index (χ2v) is 5.92. The first kappa shape index (κ1) is 14.8. The van der Waals surface area contributed by atoms with Gasteiger partial charge in [0.25, 0.3) is 0 Å². The fourth-order valence-electron chi connectivity index (χ4n) is 2.33. The predicted octanol–water partition coefficient (Wildman–Crippen LogP) is 1.16. The van der Waals surface area contributed by atoms with E-state index in [1.54, 1.807) is 24.3 Å². The molecule has 0 aromatic heterocycles. The highest BCUT2D eigenvalue weighted by atomic mass is 16.2. The molecular formula is C15H21N5O2. The summed E-state index contributed by atoms with van der Waals surface area (Å²) in [5, 5.41) is 8.48. The molecule has 2 atom stereocenters. The highest BCUT2D eigenvalue weighted by Gasteiger charge is 2.26. The Kier molecular flexibility index (Phi) is 4.26. The Hall–Kier alpha value is -2.12. The normalized spacial score (nSPS) is 23.9. The lowest BCUT2D eigenvalue weighted by Crippen LogP contribution is -2.39. The summed E-state index contributed by atoms with van der Waals surface area (Å²) in [4.78, 5) is 23.7. The molecule has 0 bridgehead atoms. The zero-order valence-corrected chi connectivity index (χ0v) is 12.5. The summed E-state index contributed by atoms with van der Waals surface area (Å²) in [7, 11) is 0. The molecule has 7 heteroatoms. The van der Waals surface area contributed by atoms with Crippen LogP contribution in [0.5, 0.6) is 0 Å². The van der Waals surface area contributed by atoms with Gasteiger partial charge >= 0.3 is 6.03 Å². The number of hydrogen-bond donors (Lipinski definition) is 5. The van der Waals surface area contributed by atoms with Crippen LogP contribution in [0.3, 0.4) is 0 Å². The Labute approximate surface area is 129 Å². The van der Waals surface area contributed by atoms with Gasteiger partial charge in [0.2, 0.25) is 5.91 Å². The smallest absolute Gasteiger partial charge is 0.319 e. The molecule has 0 radical (unpaired) electrons. The lowest BCUT2D eigenvalue weighted by molar-refractivity contribution is -0.117. The van der Waals surface area contributed by atoms with Gasteiger partial charge in [0, 0.05) is 23.5 Å². The van der Waals surface area contributed by atoms with Gasteiger partial charge in [-0.05, 0) is 50.5 Å². The van der Waals surface area contributed by atoms with Gasteiger partial charge < -0.3 is 16.0 Å². The van der Waals surface area contributed by atoms with Crippen LogP contribution in [-0.4, -0.2) is 30.1 Å². The van der Waals surface area contributed by atoms with Crippen molar-refractivity contribution >= 4 is 23.3 Å². The molecule has 1 saturated carbocycles. The second-order valence-electron chi connectivity index (χ2n) is 5.92. The van der Waals surface area contributed by atoms with Crippen molar-refractivity contribution in [1.82, 2.24) is 16.2 Å². The minimum absolute atomic E-state index is 0.0657. The number of urea groups is 1. The van der Waals surface area contributed by atoms with Crippen LogP contribution < -0.4 is 26.8 Å². The zero-order valence-electron chi connectivity index (χ0n) is 12.5. The van der Waals surface area contributed by atoms with Gasteiger partial charge in [-0.25, -0.2) is 10.2 Å². The van der Waals surface area contributed by atoms with E-state index in [4.69, 9.17) is 0 Å². The lowest BCUT2D eigenvalue weighted by atomic mass is 10.1. The van der Waals surface area contributed by atoms with Crippen LogP contribution in [0.15, 0.2) is 24.3 Å². The van der Waals surface area contributed by atoms with E-state index in [0.29, 0.717) is 17.4 Å². The summed E-state index contributed by atoms with van der Waals surface area (Å²) in [6, 6.07) is 7.29. The number of anilines is 2. The van der Waals surface area contributed by atoms with E-state index in [0.717, 1.165) is 19.3 Å². The first-order valence-corrected chi connectivity index (χ1v) is 7.59. The Bertz CT molecular complexity index is 556. The first-order chi connectivity index (χ1) is 10.6. The Balaban J connectivity index is 1.50. The summed E-state index contributed by atoms with van der Waals surface area (Å²) < 4.78 is 0. The first-order valence-electron chi connectivity index (χ1n) is 7.59. The molecule has 1 aromatic rings. The molecule has 0 spiro atoms. The zero-order chi connectivity index (χ0) is 15.5. The Morgan fingerprint density at radius 3 is 2.23 bits per heavy atom. The minimum Gasteiger partial charge on any atom is -0.335 e. The van der Waals surface area contributed by atoms with Crippen LogP contribution in [0.1, 0.15) is 26.2 Å². The van der Waals surface area contributed by atoms with Crippen LogP contribution in [0.4, 0.5) is 16.2 Å². The molecule has 3 rings (SSSR count). The van der Waals surface area contributed by atoms with E-state index in [2.05, 4.69) is 26.8 Å². The molecule has 118 valence electrons. The summed E-state index contributed by atoms with van der Waals surface area (Å²) in [5.74, 6) is -0.0657. The average molecular weight is 303 g/mol. The average Bonchev–Trinajstić information content (AvgIpc) is 3.18. The molecule has 5 N–H and O–H groups in total. The molecular weight excluding hydrogens is 282 g/mol. The monoisotopic (exact) mass is 303 g/mol. The number of rotatable bonds is 4. The molecule has 22 heavy (non-hydrogen) atoms. The molecule has 3 amide bonds. The van der Waals surface area contributed by atoms with Crippen LogP contribution in [0.2, 0.25) is 0 Å². The van der Waals surface area contributed by atoms with E-state index < -0.39 is 0 Å². The van der Waals surface area contributed by atoms with E-state index in [1.807, 2.05) is 6.92 Å². The van der Waals surface area contributed by atoms with Crippen molar-refractivity contribution in [3.63, 3.8) is 0 Å². The van der Waals surface area contributed by atoms with E-state index in [9.17, 15) is 9.59 Å². The van der Waals surface area contributed by atoms with Crippen molar-refractivity contribution < 1.29 is 9.59 Å². The summed E-state index contributed by atoms with van der Waals surface area (Å²) in [6.07, 6.45) is 2.87. The molecule has 2 fully saturated rings. The van der Waals surface area contributed by atoms with Gasteiger partial charge in [0.1, 0.15) is 6.04 Å². The molecule has 1 heterocycles. The highest BCUT2D eigenvalue weighted by molar-refractivity contribution is 5.95. The molecule has 2 unspecified atom stereocenters. The van der Waals surface area contributed by atoms with Gasteiger partial charge in [-0.2, -0.15) is 0 Å². The van der Waals surface area contributed by atoms with E-state index >= 15 is 0 Å². The van der Waals surface area contributed by atoms with Crippen LogP contribution >= 0.6 is 0 Å². The van der Waals surface area contributed by atoms with E-state index in [1.165, 1.54) is 0 Å². The Morgan fingerprint density at radius 2 is 1.68 bits per heavy atom. The lowest BCUT2D eigenvalue weighted by Gasteiger charge is -2.11. The second kappa shape index (κ2) is 6.33. The van der Waals surface area contributed by atoms with Gasteiger partial charge in [-0.1, -0.05) is 0 Å². The molecule has 1 aromatic carbocycles. The number of hydrogen-bond acceptors (Lipinski definition) is 4. The van der Waals surface area contributed by atoms with Crippen LogP contribution in [0.25, 0.3) is 0 Å². The maximum absolute atomic E-state index is 12.1. The molecule has 7 nitrogen and oxygen atoms in total. The summed E-state index contributed by atoms with van der Waals surface area (Å²) in [6.45, 7) is 2.02. The number of nitrogens with one attached hydrogen (secondary N) is 5. The SMILES string of the molecule is CC1CC(C(=O)Nc2ccc(NC(=O)NC3CC3)cc2)NN1. The number of hydrazine groups is 1. The number of amides is 3. The van der Waals surface area contributed by atoms with Gasteiger partial charge in [0.05, 0.1) is 0 Å². The third kappa shape index (κ3) is 3.96. The van der Waals surface area contributed by atoms with Crippen molar-refractivity contribution in [1.29, 1.82) is 0 Å². The van der Waals surface area contributed by atoms with Crippen molar-refractivity contribution in [3.05, 3.63) is 24.3 Å². The molecule has 1 aliphatic heterocycles. The largest absolute Gasteiger partial charge is 0.335 e. The van der Waals surface area contributed by atoms with Crippen LogP contribution in [0, 0.1) is 0 Å². The number of carbonyl (C=O) groups excluding carboxylic acids is 2. The number of carbonyl (C=O) groups is 2. The van der Waals surface area contributed by atoms with Gasteiger partial charge in [-0.3, -0.25) is 10.2 Å². The fraction of sp³-hybridized carbons (Fsp3) is 0.467. The molecule has 2 aliphatic rings. The van der Waals surface area contributed by atoms with Gasteiger partial charge in [-0.15, -0.1) is 0 Å². The topological polar surface area (TPSA) is 94.3 Å². The summed E-state index contributed by atoms with van der Waals surface area (Å²) >= 11 is 0. The fourth-order valence-corrected chi connectivity index (χ4v) is 2.33. The third-order valence-corrected chi connectivity index (χ3v) is 3.73. The minimum atomic E-state index is -0.225. The van der Waals surface area contributed by atoms with Crippen molar-refractivity contribution in [3.8, 4) is 0 Å². The number of benzene rings is 1. The summed E-state index contributed by atoms with van der Waals surface area (Å²) in [5.41, 5.74) is 7.39. The van der Waals surface area contributed by atoms with Crippen molar-refractivity contribution in [2.75, 3.05) is 10.6 Å². The Morgan fingerprint density at radius 1 is 1.05 bits per heavy atom. The van der Waals surface area contributed by atoms with Crippen LogP contribution in [-0.2, 0) is 4.79 Å². The van der Waals surface area contributed by atoms with E-state index in [-0.39, 0.29) is 24.0 Å². The molecule has 1 saturated heterocycles. The quantitative estimate of drug-likeness (QED) is 0.577. The maximum atomic E-state index is 12.1. The maximum Gasteiger partial charge on any atom is 0.319 e. The molecule has 1 aliphatic carbocycles. The van der Waals surface area contributed by atoms with Crippen molar-refractivity contribution in [2.45, 2.75) is 44.3 Å². The third-order valence-electron chi connectivity index (χ3n) is 3.73. The standard InChI is InChI=1S/C15H21N5O2/c1-9-8-13(20-19-9)14(21)16-10-2-4-11(5-3-10)17-15(22)18-12-6-7-12/h2-5,9,12-13,19-20H,6-8H2,1H3,(H,16,21)(H2,17,18,22). The highest BCUT2D eigenvalue weighted by Crippen LogP contribution is 2.19. The van der Waals surface area contributed by atoms with Gasteiger partial charge in [0.15, 0.2) is 0 Å². The van der Waals surface area contributed by atoms with Crippen molar-refractivity contribution in [2.24, 2.45) is 0 Å².